The first-order chi connectivity index (χ1) is 9.27. The van der Waals surface area contributed by atoms with Crippen molar-refractivity contribution in [2.24, 2.45) is 5.73 Å². The largest absolute Gasteiger partial charge is 0.379 e. The second-order valence-corrected chi connectivity index (χ2v) is 5.51. The van der Waals surface area contributed by atoms with E-state index in [9.17, 15) is 0 Å². The molecule has 4 heteroatoms. The first-order valence-electron chi connectivity index (χ1n) is 7.79. The average molecular weight is 273 g/mol. The van der Waals surface area contributed by atoms with Crippen molar-refractivity contribution in [3.63, 3.8) is 0 Å². The summed E-state index contributed by atoms with van der Waals surface area (Å²) in [5.74, 6) is 0. The Labute approximate surface area is 118 Å². The van der Waals surface area contributed by atoms with Gasteiger partial charge in [-0.15, -0.1) is 0 Å². The number of ether oxygens (including phenoxy) is 3. The molecule has 0 aromatic rings. The van der Waals surface area contributed by atoms with E-state index in [1.165, 1.54) is 19.3 Å². The predicted molar refractivity (Wildman–Crippen MR) is 77.4 cm³/mol. The molecule has 0 atom stereocenters. The summed E-state index contributed by atoms with van der Waals surface area (Å²) < 4.78 is 16.4. The van der Waals surface area contributed by atoms with Crippen LogP contribution in [0.25, 0.3) is 0 Å². The van der Waals surface area contributed by atoms with Gasteiger partial charge in [0, 0.05) is 18.8 Å². The van der Waals surface area contributed by atoms with Crippen LogP contribution in [-0.4, -0.2) is 45.2 Å². The highest BCUT2D eigenvalue weighted by molar-refractivity contribution is 4.88. The van der Waals surface area contributed by atoms with E-state index in [2.05, 4.69) is 6.92 Å². The van der Waals surface area contributed by atoms with E-state index in [0.29, 0.717) is 26.4 Å². The zero-order valence-corrected chi connectivity index (χ0v) is 12.5. The lowest BCUT2D eigenvalue weighted by molar-refractivity contribution is 0.0112. The van der Waals surface area contributed by atoms with Gasteiger partial charge < -0.3 is 19.9 Å². The van der Waals surface area contributed by atoms with E-state index in [-0.39, 0.29) is 5.54 Å². The van der Waals surface area contributed by atoms with Crippen molar-refractivity contribution in [1.29, 1.82) is 0 Å². The molecule has 0 aromatic heterocycles. The summed E-state index contributed by atoms with van der Waals surface area (Å²) >= 11 is 0. The van der Waals surface area contributed by atoms with Gasteiger partial charge in [-0.25, -0.2) is 0 Å². The van der Waals surface area contributed by atoms with Crippen LogP contribution in [0.2, 0.25) is 0 Å². The lowest BCUT2D eigenvalue weighted by atomic mass is 9.95. The minimum atomic E-state index is 0.0496. The van der Waals surface area contributed by atoms with Crippen molar-refractivity contribution in [3.05, 3.63) is 0 Å². The van der Waals surface area contributed by atoms with Gasteiger partial charge in [-0.1, -0.05) is 26.2 Å². The molecule has 0 heterocycles. The van der Waals surface area contributed by atoms with Crippen LogP contribution >= 0.6 is 0 Å². The van der Waals surface area contributed by atoms with Crippen molar-refractivity contribution >= 4 is 0 Å². The molecule has 0 radical (unpaired) electrons. The fourth-order valence-electron chi connectivity index (χ4n) is 2.39. The molecule has 0 bridgehead atoms. The van der Waals surface area contributed by atoms with E-state index in [1.807, 2.05) is 0 Å². The summed E-state index contributed by atoms with van der Waals surface area (Å²) in [4.78, 5) is 0. The first-order valence-corrected chi connectivity index (χ1v) is 7.79. The molecule has 1 aliphatic rings. The Kier molecular flexibility index (Phi) is 9.43. The molecular weight excluding hydrogens is 242 g/mol. The maximum absolute atomic E-state index is 6.25. The highest BCUT2D eigenvalue weighted by Crippen LogP contribution is 2.29. The van der Waals surface area contributed by atoms with Gasteiger partial charge in [0.05, 0.1) is 26.4 Å². The number of hydrogen-bond donors (Lipinski definition) is 1. The molecule has 0 aromatic carbocycles. The number of rotatable bonds is 12. The van der Waals surface area contributed by atoms with Crippen molar-refractivity contribution in [3.8, 4) is 0 Å². The molecule has 4 nitrogen and oxygen atoms in total. The highest BCUT2D eigenvalue weighted by Gasteiger charge is 2.28. The standard InChI is InChI=1S/C15H31NO3/c1-2-3-9-17-11-13-19-14-12-18-10-8-15(16)6-4-5-7-15/h2-14,16H2,1H3. The van der Waals surface area contributed by atoms with Crippen molar-refractivity contribution in [2.75, 3.05) is 39.6 Å². The van der Waals surface area contributed by atoms with Crippen molar-refractivity contribution < 1.29 is 14.2 Å². The van der Waals surface area contributed by atoms with E-state index in [1.54, 1.807) is 0 Å². The SMILES string of the molecule is CCCCOCCOCCOCCC1(N)CCCC1. The third kappa shape index (κ3) is 8.58. The lowest BCUT2D eigenvalue weighted by Crippen LogP contribution is -2.37. The Hall–Kier alpha value is -0.160. The molecule has 114 valence electrons. The molecular formula is C15H31NO3. The van der Waals surface area contributed by atoms with Gasteiger partial charge in [0.15, 0.2) is 0 Å². The summed E-state index contributed by atoms with van der Waals surface area (Å²) in [5.41, 5.74) is 6.30. The number of nitrogens with two attached hydrogens (primary N) is 1. The quantitative estimate of drug-likeness (QED) is 0.555. The molecule has 0 amide bonds. The molecule has 0 saturated heterocycles. The van der Waals surface area contributed by atoms with Crippen LogP contribution in [0.4, 0.5) is 0 Å². The van der Waals surface area contributed by atoms with Crippen molar-refractivity contribution in [2.45, 2.75) is 57.4 Å². The summed E-state index contributed by atoms with van der Waals surface area (Å²) in [5, 5.41) is 0. The van der Waals surface area contributed by atoms with Gasteiger partial charge in [0.25, 0.3) is 0 Å². The van der Waals surface area contributed by atoms with E-state index in [4.69, 9.17) is 19.9 Å². The highest BCUT2D eigenvalue weighted by atomic mass is 16.5. The lowest BCUT2D eigenvalue weighted by Gasteiger charge is -2.23. The van der Waals surface area contributed by atoms with Crippen LogP contribution in [0.5, 0.6) is 0 Å². The normalized spacial score (nSPS) is 18.0. The smallest absolute Gasteiger partial charge is 0.0701 e. The Morgan fingerprint density at radius 3 is 1.95 bits per heavy atom. The second kappa shape index (κ2) is 10.6. The Morgan fingerprint density at radius 1 is 0.842 bits per heavy atom. The van der Waals surface area contributed by atoms with Gasteiger partial charge in [0.2, 0.25) is 0 Å². The Balaban J connectivity index is 1.76. The minimum Gasteiger partial charge on any atom is -0.379 e. The summed E-state index contributed by atoms with van der Waals surface area (Å²) in [6.07, 6.45) is 8.15. The van der Waals surface area contributed by atoms with Crippen LogP contribution in [0, 0.1) is 0 Å². The van der Waals surface area contributed by atoms with Gasteiger partial charge in [-0.2, -0.15) is 0 Å². The molecule has 1 fully saturated rings. The van der Waals surface area contributed by atoms with Gasteiger partial charge in [0.1, 0.15) is 0 Å². The molecule has 0 unspecified atom stereocenters. The molecule has 1 saturated carbocycles. The summed E-state index contributed by atoms with van der Waals surface area (Å²) in [7, 11) is 0. The second-order valence-electron chi connectivity index (χ2n) is 5.51. The fraction of sp³-hybridized carbons (Fsp3) is 1.00. The Bertz CT molecular complexity index is 206. The van der Waals surface area contributed by atoms with Crippen LogP contribution < -0.4 is 5.73 Å². The zero-order chi connectivity index (χ0) is 13.8. The van der Waals surface area contributed by atoms with E-state index >= 15 is 0 Å². The third-order valence-electron chi connectivity index (χ3n) is 3.73. The first kappa shape index (κ1) is 16.9. The molecule has 19 heavy (non-hydrogen) atoms. The molecule has 1 rings (SSSR count). The molecule has 0 aliphatic heterocycles. The van der Waals surface area contributed by atoms with Gasteiger partial charge in [-0.05, 0) is 25.7 Å². The Morgan fingerprint density at radius 2 is 1.37 bits per heavy atom. The number of hydrogen-bond acceptors (Lipinski definition) is 4. The van der Waals surface area contributed by atoms with Crippen molar-refractivity contribution in [1.82, 2.24) is 0 Å². The predicted octanol–water partition coefficient (Wildman–Crippen LogP) is 2.50. The third-order valence-corrected chi connectivity index (χ3v) is 3.73. The van der Waals surface area contributed by atoms with Crippen LogP contribution in [0.15, 0.2) is 0 Å². The topological polar surface area (TPSA) is 53.7 Å². The van der Waals surface area contributed by atoms with E-state index < -0.39 is 0 Å². The molecule has 2 N–H and O–H groups in total. The van der Waals surface area contributed by atoms with Crippen LogP contribution in [0.3, 0.4) is 0 Å². The summed E-state index contributed by atoms with van der Waals surface area (Å²) in [6, 6.07) is 0. The summed E-state index contributed by atoms with van der Waals surface area (Å²) in [6.45, 7) is 6.41. The van der Waals surface area contributed by atoms with Crippen LogP contribution in [-0.2, 0) is 14.2 Å². The maximum Gasteiger partial charge on any atom is 0.0701 e. The fourth-order valence-corrected chi connectivity index (χ4v) is 2.39. The average Bonchev–Trinajstić information content (AvgIpc) is 2.83. The molecule has 0 spiro atoms. The minimum absolute atomic E-state index is 0.0496. The molecule has 1 aliphatic carbocycles. The monoisotopic (exact) mass is 273 g/mol. The zero-order valence-electron chi connectivity index (χ0n) is 12.5. The number of unbranched alkanes of at least 4 members (excludes halogenated alkanes) is 1. The van der Waals surface area contributed by atoms with Gasteiger partial charge >= 0.3 is 0 Å². The van der Waals surface area contributed by atoms with Crippen LogP contribution in [0.1, 0.15) is 51.9 Å². The van der Waals surface area contributed by atoms with E-state index in [0.717, 1.165) is 38.9 Å². The van der Waals surface area contributed by atoms with Gasteiger partial charge in [-0.3, -0.25) is 0 Å². The maximum atomic E-state index is 6.25.